The third-order valence-electron chi connectivity index (χ3n) is 6.06. The van der Waals surface area contributed by atoms with Gasteiger partial charge >= 0.3 is 5.97 Å². The molecule has 1 N–H and O–H groups in total. The van der Waals surface area contributed by atoms with Crippen LogP contribution in [0.1, 0.15) is 36.5 Å². The molecular weight excluding hydrogens is 467 g/mol. The van der Waals surface area contributed by atoms with Gasteiger partial charge in [-0.1, -0.05) is 36.2 Å². The summed E-state index contributed by atoms with van der Waals surface area (Å²) in [5, 5.41) is 3.21. The van der Waals surface area contributed by atoms with E-state index in [4.69, 9.17) is 27.9 Å². The number of hydrogen-bond acceptors (Lipinski definition) is 5. The smallest absolute Gasteiger partial charge is 0.338 e. The van der Waals surface area contributed by atoms with Crippen LogP contribution in [0.2, 0.25) is 10.0 Å². The number of halogens is 2. The highest BCUT2D eigenvalue weighted by Crippen LogP contribution is 2.42. The molecule has 172 valence electrons. The number of anilines is 2. The number of imide groups is 1. The Kier molecular flexibility index (Phi) is 6.72. The Morgan fingerprint density at radius 3 is 2.61 bits per heavy atom. The highest BCUT2D eigenvalue weighted by molar-refractivity contribution is 6.35. The summed E-state index contributed by atoms with van der Waals surface area (Å²) in [6.45, 7) is 1.54. The van der Waals surface area contributed by atoms with Gasteiger partial charge in [0.1, 0.15) is 0 Å². The Hall–Kier alpha value is -2.90. The maximum Gasteiger partial charge on any atom is 0.338 e. The number of carbonyl (C=O) groups excluding carboxylic acids is 4. The lowest BCUT2D eigenvalue weighted by Gasteiger charge is -2.25. The number of nitrogens with zero attached hydrogens (tertiary/aromatic N) is 1. The molecule has 0 bridgehead atoms. The first-order chi connectivity index (χ1) is 15.7. The predicted molar refractivity (Wildman–Crippen MR) is 124 cm³/mol. The summed E-state index contributed by atoms with van der Waals surface area (Å²) in [6.07, 6.45) is 2.31. The minimum Gasteiger partial charge on any atom is -0.452 e. The summed E-state index contributed by atoms with van der Waals surface area (Å²) in [4.78, 5) is 51.7. The van der Waals surface area contributed by atoms with Crippen LogP contribution in [0.25, 0.3) is 0 Å². The van der Waals surface area contributed by atoms with Crippen LogP contribution in [-0.4, -0.2) is 30.3 Å². The van der Waals surface area contributed by atoms with Crippen molar-refractivity contribution in [2.45, 2.75) is 26.2 Å². The standard InChI is InChI=1S/C24H22Cl2N2O5/c1-13-5-7-17-18(9-13)23(31)28(22(17)30)16-4-2-3-14(10-16)24(32)33-12-21(29)27-20-11-15(25)6-8-19(20)26/h2-4,6,8,10-11,13,17-18H,5,7,9,12H2,1H3,(H,27,29)/t13-,17+,18-/m1/s1. The first kappa shape index (κ1) is 23.3. The lowest BCUT2D eigenvalue weighted by atomic mass is 9.76. The number of esters is 1. The van der Waals surface area contributed by atoms with Crippen LogP contribution in [0.4, 0.5) is 11.4 Å². The van der Waals surface area contributed by atoms with Gasteiger partial charge in [0.05, 0.1) is 33.8 Å². The molecule has 1 saturated carbocycles. The van der Waals surface area contributed by atoms with E-state index in [1.54, 1.807) is 18.2 Å². The van der Waals surface area contributed by atoms with Gasteiger partial charge in [-0.25, -0.2) is 4.79 Å². The normalized spacial score (nSPS) is 22.2. The van der Waals surface area contributed by atoms with Crippen molar-refractivity contribution in [3.63, 3.8) is 0 Å². The van der Waals surface area contributed by atoms with Crippen LogP contribution in [0.3, 0.4) is 0 Å². The summed E-state index contributed by atoms with van der Waals surface area (Å²) in [5.74, 6) is -2.00. The molecule has 2 fully saturated rings. The first-order valence-corrected chi connectivity index (χ1v) is 11.4. The predicted octanol–water partition coefficient (Wildman–Crippen LogP) is 4.71. The number of rotatable bonds is 5. The van der Waals surface area contributed by atoms with Crippen molar-refractivity contribution in [1.29, 1.82) is 0 Å². The highest BCUT2D eigenvalue weighted by atomic mass is 35.5. The van der Waals surface area contributed by atoms with Crippen molar-refractivity contribution in [3.05, 3.63) is 58.1 Å². The summed E-state index contributed by atoms with van der Waals surface area (Å²) in [5.41, 5.74) is 0.760. The van der Waals surface area contributed by atoms with Gasteiger partial charge in [-0.05, 0) is 61.6 Å². The van der Waals surface area contributed by atoms with E-state index < -0.39 is 18.5 Å². The molecule has 2 aromatic carbocycles. The van der Waals surface area contributed by atoms with Crippen molar-refractivity contribution in [2.75, 3.05) is 16.8 Å². The summed E-state index contributed by atoms with van der Waals surface area (Å²) in [7, 11) is 0. The molecule has 0 unspecified atom stereocenters. The number of benzene rings is 2. The monoisotopic (exact) mass is 488 g/mol. The second kappa shape index (κ2) is 9.53. The number of carbonyl (C=O) groups is 4. The summed E-state index contributed by atoms with van der Waals surface area (Å²) in [6, 6.07) is 10.7. The molecule has 2 aliphatic rings. The molecule has 4 rings (SSSR count). The zero-order chi connectivity index (χ0) is 23.7. The van der Waals surface area contributed by atoms with E-state index >= 15 is 0 Å². The van der Waals surface area contributed by atoms with Gasteiger partial charge in [-0.2, -0.15) is 0 Å². The lowest BCUT2D eigenvalue weighted by molar-refractivity contribution is -0.122. The molecule has 0 spiro atoms. The topological polar surface area (TPSA) is 92.8 Å². The van der Waals surface area contributed by atoms with Gasteiger partial charge in [0.15, 0.2) is 6.61 Å². The lowest BCUT2D eigenvalue weighted by Crippen LogP contribution is -2.31. The largest absolute Gasteiger partial charge is 0.452 e. The van der Waals surface area contributed by atoms with Gasteiger partial charge in [0.25, 0.3) is 5.91 Å². The molecule has 1 aliphatic heterocycles. The molecule has 0 aromatic heterocycles. The molecule has 7 nitrogen and oxygen atoms in total. The van der Waals surface area contributed by atoms with E-state index in [1.807, 2.05) is 0 Å². The fraction of sp³-hybridized carbons (Fsp3) is 0.333. The fourth-order valence-corrected chi connectivity index (χ4v) is 4.75. The van der Waals surface area contributed by atoms with Gasteiger partial charge in [0.2, 0.25) is 11.8 Å². The van der Waals surface area contributed by atoms with E-state index in [9.17, 15) is 19.2 Å². The van der Waals surface area contributed by atoms with E-state index in [-0.39, 0.29) is 29.2 Å². The summed E-state index contributed by atoms with van der Waals surface area (Å²) >= 11 is 11.9. The van der Waals surface area contributed by atoms with Gasteiger partial charge in [-0.3, -0.25) is 19.3 Å². The number of nitrogens with one attached hydrogen (secondary N) is 1. The van der Waals surface area contributed by atoms with Gasteiger partial charge < -0.3 is 10.1 Å². The van der Waals surface area contributed by atoms with Crippen LogP contribution < -0.4 is 10.2 Å². The fourth-order valence-electron chi connectivity index (χ4n) is 4.41. The highest BCUT2D eigenvalue weighted by Gasteiger charge is 2.50. The molecule has 1 aliphatic carbocycles. The molecule has 3 amide bonds. The number of ether oxygens (including phenoxy) is 1. The third kappa shape index (κ3) is 4.89. The molecule has 1 saturated heterocycles. The maximum atomic E-state index is 12.9. The van der Waals surface area contributed by atoms with Crippen LogP contribution in [0, 0.1) is 17.8 Å². The molecule has 33 heavy (non-hydrogen) atoms. The molecule has 3 atom stereocenters. The Labute approximate surface area is 201 Å². The summed E-state index contributed by atoms with van der Waals surface area (Å²) < 4.78 is 5.10. The van der Waals surface area contributed by atoms with Crippen molar-refractivity contribution < 1.29 is 23.9 Å². The minimum atomic E-state index is -0.755. The van der Waals surface area contributed by atoms with Crippen molar-refractivity contribution in [1.82, 2.24) is 0 Å². The molecule has 0 radical (unpaired) electrons. The van der Waals surface area contributed by atoms with Crippen molar-refractivity contribution in [3.8, 4) is 0 Å². The first-order valence-electron chi connectivity index (χ1n) is 10.6. The van der Waals surface area contributed by atoms with E-state index in [0.717, 1.165) is 6.42 Å². The second-order valence-electron chi connectivity index (χ2n) is 8.44. The molecular formula is C24H22Cl2N2O5. The average Bonchev–Trinajstić information content (AvgIpc) is 3.04. The zero-order valence-corrected chi connectivity index (χ0v) is 19.4. The van der Waals surface area contributed by atoms with Crippen molar-refractivity contribution in [2.24, 2.45) is 17.8 Å². The van der Waals surface area contributed by atoms with Crippen molar-refractivity contribution >= 4 is 58.3 Å². The Bertz CT molecular complexity index is 1140. The van der Waals surface area contributed by atoms with Crippen LogP contribution >= 0.6 is 23.2 Å². The quantitative estimate of drug-likeness (QED) is 0.485. The van der Waals surface area contributed by atoms with E-state index in [1.165, 1.54) is 29.2 Å². The van der Waals surface area contributed by atoms with E-state index in [0.29, 0.717) is 40.2 Å². The van der Waals surface area contributed by atoms with Gasteiger partial charge in [0, 0.05) is 5.02 Å². The number of hydrogen-bond donors (Lipinski definition) is 1. The number of fused-ring (bicyclic) bond motifs is 1. The van der Waals surface area contributed by atoms with Crippen LogP contribution in [0.5, 0.6) is 0 Å². The molecule has 2 aromatic rings. The van der Waals surface area contributed by atoms with Gasteiger partial charge in [-0.15, -0.1) is 0 Å². The molecule has 9 heteroatoms. The van der Waals surface area contributed by atoms with E-state index in [2.05, 4.69) is 12.2 Å². The van der Waals surface area contributed by atoms with Crippen LogP contribution in [0.15, 0.2) is 42.5 Å². The maximum absolute atomic E-state index is 12.9. The zero-order valence-electron chi connectivity index (χ0n) is 17.8. The molecule has 1 heterocycles. The average molecular weight is 489 g/mol. The number of amides is 3. The Morgan fingerprint density at radius 1 is 1.06 bits per heavy atom. The van der Waals surface area contributed by atoms with Crippen LogP contribution in [-0.2, 0) is 19.1 Å². The second-order valence-corrected chi connectivity index (χ2v) is 9.29. The SMILES string of the molecule is C[C@@H]1CC[C@@H]2C(=O)N(c3cccc(C(=O)OCC(=O)Nc4cc(Cl)ccc4Cl)c3)C(=O)[C@@H]2C1. The Morgan fingerprint density at radius 2 is 1.82 bits per heavy atom. The third-order valence-corrected chi connectivity index (χ3v) is 6.63. The Balaban J connectivity index is 1.42. The minimum absolute atomic E-state index is 0.130.